The summed E-state index contributed by atoms with van der Waals surface area (Å²) in [4.78, 5) is 1.27. The fourth-order valence-electron chi connectivity index (χ4n) is 2.44. The first-order valence-electron chi connectivity index (χ1n) is 7.16. The molecule has 0 saturated heterocycles. The van der Waals surface area contributed by atoms with Crippen LogP contribution in [0.1, 0.15) is 29.9 Å². The van der Waals surface area contributed by atoms with Crippen molar-refractivity contribution in [1.82, 2.24) is 0 Å². The highest BCUT2D eigenvalue weighted by molar-refractivity contribution is 7.99. The summed E-state index contributed by atoms with van der Waals surface area (Å²) >= 11 is 1.83. The van der Waals surface area contributed by atoms with Crippen molar-refractivity contribution in [1.29, 1.82) is 0 Å². The number of fused-ring (bicyclic) bond motifs is 1. The van der Waals surface area contributed by atoms with E-state index in [9.17, 15) is 0 Å². The molecule has 3 rings (SSSR count). The van der Waals surface area contributed by atoms with Crippen LogP contribution in [0.25, 0.3) is 11.0 Å². The van der Waals surface area contributed by atoms with Gasteiger partial charge >= 0.3 is 0 Å². The third-order valence-corrected chi connectivity index (χ3v) is 4.44. The number of benzene rings is 2. The molecule has 2 aromatic carbocycles. The van der Waals surface area contributed by atoms with E-state index in [2.05, 4.69) is 50.2 Å². The van der Waals surface area contributed by atoms with E-state index in [0.717, 1.165) is 28.0 Å². The van der Waals surface area contributed by atoms with Gasteiger partial charge in [-0.15, -0.1) is 11.8 Å². The van der Waals surface area contributed by atoms with E-state index in [1.165, 1.54) is 10.5 Å². The minimum Gasteiger partial charge on any atom is -0.459 e. The van der Waals surface area contributed by atoms with Crippen molar-refractivity contribution < 1.29 is 4.42 Å². The van der Waals surface area contributed by atoms with Crippen LogP contribution in [0.3, 0.4) is 0 Å². The normalized spacial score (nSPS) is 12.7. The maximum Gasteiger partial charge on any atom is 0.134 e. The Morgan fingerprint density at radius 3 is 2.57 bits per heavy atom. The Morgan fingerprint density at radius 1 is 1.10 bits per heavy atom. The summed E-state index contributed by atoms with van der Waals surface area (Å²) in [7, 11) is 0. The molecule has 21 heavy (non-hydrogen) atoms. The summed E-state index contributed by atoms with van der Waals surface area (Å²) in [5.74, 6) is 1.89. The minimum absolute atomic E-state index is 0.224. The van der Waals surface area contributed by atoms with Gasteiger partial charge in [0.15, 0.2) is 0 Å². The molecule has 0 aliphatic heterocycles. The Bertz CT molecular complexity index is 746. The molecule has 0 saturated carbocycles. The second kappa shape index (κ2) is 5.96. The molecule has 3 aromatic rings. The van der Waals surface area contributed by atoms with Gasteiger partial charge < -0.3 is 10.2 Å². The Balaban J connectivity index is 1.90. The van der Waals surface area contributed by atoms with Gasteiger partial charge in [-0.2, -0.15) is 0 Å². The van der Waals surface area contributed by atoms with Gasteiger partial charge in [-0.05, 0) is 48.6 Å². The highest BCUT2D eigenvalue weighted by Gasteiger charge is 2.14. The Kier molecular flexibility index (Phi) is 4.04. The van der Waals surface area contributed by atoms with E-state index in [-0.39, 0.29) is 6.04 Å². The van der Waals surface area contributed by atoms with Crippen molar-refractivity contribution in [2.75, 3.05) is 5.75 Å². The minimum atomic E-state index is -0.224. The lowest BCUT2D eigenvalue weighted by atomic mass is 10.1. The lowest BCUT2D eigenvalue weighted by Crippen LogP contribution is -2.10. The molecular weight excluding hydrogens is 278 g/mol. The van der Waals surface area contributed by atoms with Crippen LogP contribution >= 0.6 is 11.8 Å². The third kappa shape index (κ3) is 2.99. The van der Waals surface area contributed by atoms with Gasteiger partial charge in [-0.1, -0.05) is 30.7 Å². The SMILES string of the molecule is CCSc1ccc(C(N)c2cc3cc(C)ccc3o2)cc1. The second-order valence-corrected chi connectivity index (χ2v) is 6.51. The highest BCUT2D eigenvalue weighted by atomic mass is 32.2. The summed E-state index contributed by atoms with van der Waals surface area (Å²) in [5.41, 5.74) is 9.54. The van der Waals surface area contributed by atoms with Crippen molar-refractivity contribution in [2.45, 2.75) is 24.8 Å². The summed E-state index contributed by atoms with van der Waals surface area (Å²) < 4.78 is 5.89. The van der Waals surface area contributed by atoms with Crippen LogP contribution in [0.2, 0.25) is 0 Å². The predicted molar refractivity (Wildman–Crippen MR) is 89.8 cm³/mol. The van der Waals surface area contributed by atoms with Gasteiger partial charge in [0.25, 0.3) is 0 Å². The first-order valence-corrected chi connectivity index (χ1v) is 8.14. The number of thioether (sulfide) groups is 1. The topological polar surface area (TPSA) is 39.2 Å². The number of furan rings is 1. The second-order valence-electron chi connectivity index (χ2n) is 5.17. The van der Waals surface area contributed by atoms with E-state index < -0.39 is 0 Å². The molecule has 1 heterocycles. The molecule has 0 fully saturated rings. The predicted octanol–water partition coefficient (Wildman–Crippen LogP) is 4.90. The average molecular weight is 297 g/mol. The molecule has 0 bridgehead atoms. The Labute approximate surface area is 129 Å². The van der Waals surface area contributed by atoms with Crippen molar-refractivity contribution in [3.63, 3.8) is 0 Å². The maximum atomic E-state index is 6.34. The zero-order chi connectivity index (χ0) is 14.8. The number of aryl methyl sites for hydroxylation is 1. The fourth-order valence-corrected chi connectivity index (χ4v) is 3.10. The van der Waals surface area contributed by atoms with E-state index >= 15 is 0 Å². The smallest absolute Gasteiger partial charge is 0.134 e. The quantitative estimate of drug-likeness (QED) is 0.696. The van der Waals surface area contributed by atoms with Crippen LogP contribution in [-0.2, 0) is 0 Å². The Morgan fingerprint density at radius 2 is 1.86 bits per heavy atom. The summed E-state index contributed by atoms with van der Waals surface area (Å²) in [6, 6.07) is 16.4. The van der Waals surface area contributed by atoms with Gasteiger partial charge in [0, 0.05) is 10.3 Å². The first kappa shape index (κ1) is 14.2. The van der Waals surface area contributed by atoms with Gasteiger partial charge in [-0.25, -0.2) is 0 Å². The zero-order valence-corrected chi connectivity index (χ0v) is 13.1. The molecular formula is C18H19NOS. The maximum absolute atomic E-state index is 6.34. The number of nitrogens with two attached hydrogens (primary N) is 1. The molecule has 0 aliphatic carbocycles. The van der Waals surface area contributed by atoms with Crippen molar-refractivity contribution in [2.24, 2.45) is 5.73 Å². The standard InChI is InChI=1S/C18H19NOS/c1-3-21-15-7-5-13(6-8-15)18(19)17-11-14-10-12(2)4-9-16(14)20-17/h4-11,18H,3,19H2,1-2H3. The van der Waals surface area contributed by atoms with Crippen molar-refractivity contribution in [3.8, 4) is 0 Å². The average Bonchev–Trinajstić information content (AvgIpc) is 2.90. The van der Waals surface area contributed by atoms with E-state index in [1.54, 1.807) is 0 Å². The van der Waals surface area contributed by atoms with Gasteiger partial charge in [0.1, 0.15) is 11.3 Å². The zero-order valence-electron chi connectivity index (χ0n) is 12.3. The molecule has 2 nitrogen and oxygen atoms in total. The molecule has 0 amide bonds. The fraction of sp³-hybridized carbons (Fsp3) is 0.222. The molecule has 108 valence electrons. The summed E-state index contributed by atoms with van der Waals surface area (Å²) in [5, 5.41) is 1.11. The molecule has 0 spiro atoms. The Hall–Kier alpha value is -1.71. The summed E-state index contributed by atoms with van der Waals surface area (Å²) in [6.45, 7) is 4.23. The summed E-state index contributed by atoms with van der Waals surface area (Å²) in [6.07, 6.45) is 0. The molecule has 0 aliphatic rings. The van der Waals surface area contributed by atoms with E-state index in [4.69, 9.17) is 10.2 Å². The largest absolute Gasteiger partial charge is 0.459 e. The van der Waals surface area contributed by atoms with Crippen molar-refractivity contribution >= 4 is 22.7 Å². The third-order valence-electron chi connectivity index (χ3n) is 3.55. The molecule has 2 N–H and O–H groups in total. The van der Waals surface area contributed by atoms with E-state index in [0.29, 0.717) is 0 Å². The first-order chi connectivity index (χ1) is 10.2. The number of hydrogen-bond donors (Lipinski definition) is 1. The monoisotopic (exact) mass is 297 g/mol. The molecule has 1 unspecified atom stereocenters. The van der Waals surface area contributed by atoms with Gasteiger partial charge in [0.05, 0.1) is 6.04 Å². The highest BCUT2D eigenvalue weighted by Crippen LogP contribution is 2.28. The molecule has 1 atom stereocenters. The van der Waals surface area contributed by atoms with Crippen LogP contribution in [-0.4, -0.2) is 5.75 Å². The lowest BCUT2D eigenvalue weighted by Gasteiger charge is -2.09. The molecule has 1 aromatic heterocycles. The van der Waals surface area contributed by atoms with E-state index in [1.807, 2.05) is 23.9 Å². The van der Waals surface area contributed by atoms with Crippen LogP contribution in [0.5, 0.6) is 0 Å². The van der Waals surface area contributed by atoms with Crippen LogP contribution in [0, 0.1) is 6.92 Å². The van der Waals surface area contributed by atoms with Crippen LogP contribution in [0.15, 0.2) is 57.8 Å². The van der Waals surface area contributed by atoms with Crippen LogP contribution in [0.4, 0.5) is 0 Å². The lowest BCUT2D eigenvalue weighted by molar-refractivity contribution is 0.525. The van der Waals surface area contributed by atoms with Crippen molar-refractivity contribution in [3.05, 3.63) is 65.4 Å². The van der Waals surface area contributed by atoms with Gasteiger partial charge in [0.2, 0.25) is 0 Å². The van der Waals surface area contributed by atoms with Crippen LogP contribution < -0.4 is 5.73 Å². The number of rotatable bonds is 4. The number of hydrogen-bond acceptors (Lipinski definition) is 3. The molecule has 3 heteroatoms. The van der Waals surface area contributed by atoms with Gasteiger partial charge in [-0.3, -0.25) is 0 Å². The molecule has 0 radical (unpaired) electrons.